The number of halogens is 1. The quantitative estimate of drug-likeness (QED) is 0.362. The molecule has 10 nitrogen and oxygen atoms in total. The predicted octanol–water partition coefficient (Wildman–Crippen LogP) is 4.02. The molecule has 5 rings (SSSR count). The molecule has 0 fully saturated rings. The number of nitrogens with zero attached hydrogens (tertiary/aromatic N) is 5. The molecule has 0 spiro atoms. The maximum absolute atomic E-state index is 12.5. The van der Waals surface area contributed by atoms with E-state index in [0.29, 0.717) is 29.2 Å². The third-order valence-corrected chi connectivity index (χ3v) is 7.67. The molecule has 0 bridgehead atoms. The minimum absolute atomic E-state index is 0.198. The van der Waals surface area contributed by atoms with Gasteiger partial charge in [0, 0.05) is 49.6 Å². The van der Waals surface area contributed by atoms with E-state index in [-0.39, 0.29) is 12.5 Å². The molecular formula is C25H26ClN7O3S. The first-order valence-electron chi connectivity index (χ1n) is 11.5. The van der Waals surface area contributed by atoms with Gasteiger partial charge >= 0.3 is 0 Å². The average Bonchev–Trinajstić information content (AvgIpc) is 3.33. The van der Waals surface area contributed by atoms with Crippen LogP contribution in [-0.2, 0) is 16.6 Å². The summed E-state index contributed by atoms with van der Waals surface area (Å²) in [5, 5.41) is 6.78. The Balaban J connectivity index is 1.55. The maximum Gasteiger partial charge on any atom is 0.229 e. The highest BCUT2D eigenvalue weighted by molar-refractivity contribution is 7.88. The van der Waals surface area contributed by atoms with Crippen LogP contribution in [-0.4, -0.2) is 59.2 Å². The second kappa shape index (κ2) is 10.0. The summed E-state index contributed by atoms with van der Waals surface area (Å²) in [6, 6.07) is 15.4. The molecule has 3 heterocycles. The molecule has 1 aliphatic heterocycles. The number of methoxy groups -OCH3 is 1. The summed E-state index contributed by atoms with van der Waals surface area (Å²) >= 11 is 5.98. The Bertz CT molecular complexity index is 1540. The second-order valence-corrected chi connectivity index (χ2v) is 11.0. The summed E-state index contributed by atoms with van der Waals surface area (Å²) in [7, 11) is -0.0684. The number of fused-ring (bicyclic) bond motifs is 1. The van der Waals surface area contributed by atoms with Crippen LogP contribution in [0.3, 0.4) is 0 Å². The number of benzene rings is 2. The van der Waals surface area contributed by atoms with Crippen molar-refractivity contribution in [2.75, 3.05) is 37.6 Å². The standard InChI is InChI=1S/C25H26ClN7O3S/c1-27-24-19-13-33(37(3,34)35)12-18(16-7-5-4-6-8-16)23(19)30-25(31-24)29-17-9-10-20(21(11-17)36-2)32-14-22(26)28-15-32/h4-11,14-15,18H,12-13H2,1-3H3,(H2,27,29,30,31). The van der Waals surface area contributed by atoms with Gasteiger partial charge in [0.05, 0.1) is 24.7 Å². The lowest BCUT2D eigenvalue weighted by molar-refractivity contribution is 0.370. The highest BCUT2D eigenvalue weighted by atomic mass is 35.5. The smallest absolute Gasteiger partial charge is 0.229 e. The van der Waals surface area contributed by atoms with Crippen LogP contribution in [0.25, 0.3) is 5.69 Å². The summed E-state index contributed by atoms with van der Waals surface area (Å²) in [6.45, 7) is 0.495. The Hall–Kier alpha value is -3.67. The van der Waals surface area contributed by atoms with Gasteiger partial charge in [-0.25, -0.2) is 18.4 Å². The Kier molecular flexibility index (Phi) is 6.76. The van der Waals surface area contributed by atoms with Crippen LogP contribution in [0.2, 0.25) is 5.15 Å². The molecule has 192 valence electrons. The van der Waals surface area contributed by atoms with Crippen LogP contribution in [0.1, 0.15) is 22.7 Å². The van der Waals surface area contributed by atoms with E-state index in [9.17, 15) is 8.42 Å². The Morgan fingerprint density at radius 2 is 1.92 bits per heavy atom. The Morgan fingerprint density at radius 3 is 2.57 bits per heavy atom. The van der Waals surface area contributed by atoms with Gasteiger partial charge in [0.15, 0.2) is 0 Å². The summed E-state index contributed by atoms with van der Waals surface area (Å²) in [5.74, 6) is 1.31. The Morgan fingerprint density at radius 1 is 1.14 bits per heavy atom. The van der Waals surface area contributed by atoms with Crippen molar-refractivity contribution in [1.82, 2.24) is 23.8 Å². The van der Waals surface area contributed by atoms with E-state index in [0.717, 1.165) is 28.2 Å². The minimum Gasteiger partial charge on any atom is -0.494 e. The number of imidazole rings is 1. The molecule has 1 unspecified atom stereocenters. The number of aromatic nitrogens is 4. The van der Waals surface area contributed by atoms with Crippen LogP contribution >= 0.6 is 11.6 Å². The Labute approximate surface area is 220 Å². The van der Waals surface area contributed by atoms with E-state index in [1.54, 1.807) is 31.2 Å². The lowest BCUT2D eigenvalue weighted by Gasteiger charge is -2.33. The first-order valence-corrected chi connectivity index (χ1v) is 13.7. The number of sulfonamides is 1. The summed E-state index contributed by atoms with van der Waals surface area (Å²) in [4.78, 5) is 13.6. The number of nitrogens with one attached hydrogen (secondary N) is 2. The van der Waals surface area contributed by atoms with E-state index in [4.69, 9.17) is 21.3 Å². The SMILES string of the molecule is CNc1nc(Nc2ccc(-n3cnc(Cl)c3)c(OC)c2)nc2c1CN(S(C)(=O)=O)CC2c1ccccc1. The van der Waals surface area contributed by atoms with Crippen LogP contribution < -0.4 is 15.4 Å². The molecule has 4 aromatic rings. The van der Waals surface area contributed by atoms with Crippen molar-refractivity contribution in [3.05, 3.63) is 83.0 Å². The zero-order valence-corrected chi connectivity index (χ0v) is 22.1. The lowest BCUT2D eigenvalue weighted by Crippen LogP contribution is -2.39. The van der Waals surface area contributed by atoms with Gasteiger partial charge in [-0.1, -0.05) is 41.9 Å². The predicted molar refractivity (Wildman–Crippen MR) is 144 cm³/mol. The van der Waals surface area contributed by atoms with Crippen LogP contribution in [0.15, 0.2) is 61.1 Å². The number of rotatable bonds is 7. The molecule has 0 saturated carbocycles. The molecule has 37 heavy (non-hydrogen) atoms. The third-order valence-electron chi connectivity index (χ3n) is 6.26. The van der Waals surface area contributed by atoms with Crippen LogP contribution in [0, 0.1) is 0 Å². The first kappa shape index (κ1) is 25.0. The molecule has 1 atom stereocenters. The van der Waals surface area contributed by atoms with Crippen molar-refractivity contribution < 1.29 is 13.2 Å². The molecule has 1 aliphatic rings. The van der Waals surface area contributed by atoms with Crippen LogP contribution in [0.4, 0.5) is 17.5 Å². The van der Waals surface area contributed by atoms with Gasteiger partial charge in [-0.3, -0.25) is 0 Å². The molecular weight excluding hydrogens is 514 g/mol. The molecule has 0 aliphatic carbocycles. The fraction of sp³-hybridized carbons (Fsp3) is 0.240. The normalized spacial score (nSPS) is 15.7. The summed E-state index contributed by atoms with van der Waals surface area (Å²) < 4.78 is 33.8. The third kappa shape index (κ3) is 5.10. The molecule has 2 aromatic carbocycles. The van der Waals surface area contributed by atoms with Crippen molar-refractivity contribution >= 4 is 39.1 Å². The number of ether oxygens (including phenoxy) is 1. The van der Waals surface area contributed by atoms with Gasteiger partial charge in [-0.05, 0) is 17.7 Å². The second-order valence-electron chi connectivity index (χ2n) is 8.64. The van der Waals surface area contributed by atoms with E-state index < -0.39 is 10.0 Å². The monoisotopic (exact) mass is 539 g/mol. The van der Waals surface area contributed by atoms with Crippen molar-refractivity contribution in [2.24, 2.45) is 0 Å². The lowest BCUT2D eigenvalue weighted by atomic mass is 9.89. The van der Waals surface area contributed by atoms with Gasteiger partial charge in [0.2, 0.25) is 16.0 Å². The van der Waals surface area contributed by atoms with Gasteiger partial charge < -0.3 is 19.9 Å². The maximum atomic E-state index is 12.5. The minimum atomic E-state index is -3.42. The topological polar surface area (TPSA) is 114 Å². The summed E-state index contributed by atoms with van der Waals surface area (Å²) in [5.41, 5.74) is 4.01. The molecule has 2 N–H and O–H groups in total. The van der Waals surface area contributed by atoms with E-state index in [2.05, 4.69) is 20.6 Å². The van der Waals surface area contributed by atoms with Crippen molar-refractivity contribution in [1.29, 1.82) is 0 Å². The number of hydrogen-bond acceptors (Lipinski definition) is 8. The van der Waals surface area contributed by atoms with Gasteiger partial charge in [0.25, 0.3) is 0 Å². The first-order chi connectivity index (χ1) is 17.8. The van der Waals surface area contributed by atoms with Crippen molar-refractivity contribution in [3.8, 4) is 11.4 Å². The van der Waals surface area contributed by atoms with Gasteiger partial charge in [-0.15, -0.1) is 0 Å². The number of hydrogen-bond donors (Lipinski definition) is 2. The van der Waals surface area contributed by atoms with E-state index in [1.807, 2.05) is 48.5 Å². The van der Waals surface area contributed by atoms with Gasteiger partial charge in [0.1, 0.15) is 23.0 Å². The molecule has 12 heteroatoms. The molecule has 2 aromatic heterocycles. The summed E-state index contributed by atoms with van der Waals surface area (Å²) in [6.07, 6.45) is 4.54. The largest absolute Gasteiger partial charge is 0.494 e. The van der Waals surface area contributed by atoms with Crippen molar-refractivity contribution in [3.63, 3.8) is 0 Å². The highest BCUT2D eigenvalue weighted by Crippen LogP contribution is 2.37. The average molecular weight is 540 g/mol. The zero-order chi connectivity index (χ0) is 26.2. The molecule has 0 radical (unpaired) electrons. The fourth-order valence-electron chi connectivity index (χ4n) is 4.47. The fourth-order valence-corrected chi connectivity index (χ4v) is 5.40. The van der Waals surface area contributed by atoms with Crippen LogP contribution in [0.5, 0.6) is 5.75 Å². The van der Waals surface area contributed by atoms with E-state index in [1.165, 1.54) is 10.6 Å². The van der Waals surface area contributed by atoms with Crippen molar-refractivity contribution in [2.45, 2.75) is 12.5 Å². The number of anilines is 3. The molecule has 0 amide bonds. The van der Waals surface area contributed by atoms with Gasteiger partial charge in [-0.2, -0.15) is 9.29 Å². The zero-order valence-electron chi connectivity index (χ0n) is 20.5. The highest BCUT2D eigenvalue weighted by Gasteiger charge is 2.34. The molecule has 0 saturated heterocycles. The van der Waals surface area contributed by atoms with E-state index >= 15 is 0 Å².